The average molecular weight is 483 g/mol. The summed E-state index contributed by atoms with van der Waals surface area (Å²) in [5.74, 6) is -0.677. The molecule has 0 amide bonds. The minimum absolute atomic E-state index is 0.00371. The molecule has 0 rings (SSSR count). The molecular weight excluding hydrogens is 432 g/mol. The number of hydrogen-bond acceptors (Lipinski definition) is 6. The number of ether oxygens (including phenoxy) is 3. The fraction of sp³-hybridized carbons (Fsp3) is 0.821. The van der Waals surface area contributed by atoms with Gasteiger partial charge in [-0.15, -0.1) is 6.58 Å². The van der Waals surface area contributed by atoms with E-state index in [1.807, 2.05) is 20.8 Å². The molecule has 0 N–H and O–H groups in total. The van der Waals surface area contributed by atoms with Crippen LogP contribution in [0, 0.1) is 11.8 Å². The van der Waals surface area contributed by atoms with Gasteiger partial charge in [0.05, 0.1) is 32.2 Å². The first-order chi connectivity index (χ1) is 16.3. The number of carbonyl (C=O) groups excluding carboxylic acids is 3. The second-order valence-electron chi connectivity index (χ2n) is 9.36. The molecule has 0 spiro atoms. The molecule has 0 fully saturated rings. The molecule has 0 aliphatic carbocycles. The van der Waals surface area contributed by atoms with Crippen LogP contribution >= 0.6 is 0 Å². The van der Waals surface area contributed by atoms with Gasteiger partial charge in [0, 0.05) is 6.42 Å². The highest BCUT2D eigenvalue weighted by Crippen LogP contribution is 2.23. The van der Waals surface area contributed by atoms with Crippen LogP contribution in [-0.2, 0) is 28.6 Å². The topological polar surface area (TPSA) is 78.9 Å². The first kappa shape index (κ1) is 32.3. The predicted octanol–water partition coefficient (Wildman–Crippen LogP) is 6.60. The SMILES string of the molecule is C=CCC(CC(=O)OCCCCCC(=O)C(C)(CC)OCC(CC)CCCC)C(=O)OCCC. The largest absolute Gasteiger partial charge is 0.466 e. The molecule has 3 atom stereocenters. The quantitative estimate of drug-likeness (QED) is 0.0983. The fourth-order valence-electron chi connectivity index (χ4n) is 3.64. The van der Waals surface area contributed by atoms with E-state index >= 15 is 0 Å². The lowest BCUT2D eigenvalue weighted by molar-refractivity contribution is -0.155. The van der Waals surface area contributed by atoms with Crippen molar-refractivity contribution in [3.8, 4) is 0 Å². The maximum Gasteiger partial charge on any atom is 0.309 e. The molecular formula is C28H50O6. The van der Waals surface area contributed by atoms with Gasteiger partial charge in [-0.2, -0.15) is 0 Å². The molecule has 198 valence electrons. The Morgan fingerprint density at radius 3 is 2.26 bits per heavy atom. The Morgan fingerprint density at radius 1 is 0.941 bits per heavy atom. The van der Waals surface area contributed by atoms with Crippen molar-refractivity contribution in [3.63, 3.8) is 0 Å². The van der Waals surface area contributed by atoms with Crippen LogP contribution in [0.1, 0.15) is 112 Å². The average Bonchev–Trinajstić information content (AvgIpc) is 2.83. The minimum atomic E-state index is -0.724. The Hall–Kier alpha value is -1.69. The maximum atomic E-state index is 12.8. The lowest BCUT2D eigenvalue weighted by atomic mass is 9.92. The van der Waals surface area contributed by atoms with Crippen LogP contribution < -0.4 is 0 Å². The predicted molar refractivity (Wildman–Crippen MR) is 137 cm³/mol. The molecule has 0 aliphatic heterocycles. The van der Waals surface area contributed by atoms with Crippen LogP contribution in [0.3, 0.4) is 0 Å². The van der Waals surface area contributed by atoms with Gasteiger partial charge in [-0.25, -0.2) is 0 Å². The number of hydrogen-bond donors (Lipinski definition) is 0. The van der Waals surface area contributed by atoms with Crippen molar-refractivity contribution in [1.29, 1.82) is 0 Å². The molecule has 0 saturated carbocycles. The zero-order valence-corrected chi connectivity index (χ0v) is 22.5. The van der Waals surface area contributed by atoms with Crippen molar-refractivity contribution in [2.45, 2.75) is 117 Å². The highest BCUT2D eigenvalue weighted by molar-refractivity contribution is 5.86. The Labute approximate surface area is 208 Å². The van der Waals surface area contributed by atoms with E-state index in [0.29, 0.717) is 44.8 Å². The maximum absolute atomic E-state index is 12.8. The van der Waals surface area contributed by atoms with Gasteiger partial charge in [-0.05, 0) is 57.8 Å². The normalized spacial score (nSPS) is 14.6. The molecule has 0 aliphatic rings. The van der Waals surface area contributed by atoms with E-state index in [9.17, 15) is 14.4 Å². The summed E-state index contributed by atoms with van der Waals surface area (Å²) in [7, 11) is 0. The van der Waals surface area contributed by atoms with Crippen LogP contribution in [0.15, 0.2) is 12.7 Å². The van der Waals surface area contributed by atoms with Crippen molar-refractivity contribution in [2.75, 3.05) is 19.8 Å². The van der Waals surface area contributed by atoms with Crippen molar-refractivity contribution >= 4 is 17.7 Å². The molecule has 34 heavy (non-hydrogen) atoms. The van der Waals surface area contributed by atoms with Crippen molar-refractivity contribution < 1.29 is 28.6 Å². The van der Waals surface area contributed by atoms with Gasteiger partial charge in [0.2, 0.25) is 0 Å². The molecule has 6 nitrogen and oxygen atoms in total. The van der Waals surface area contributed by atoms with Gasteiger partial charge in [-0.1, -0.05) is 53.0 Å². The van der Waals surface area contributed by atoms with Gasteiger partial charge in [-0.3, -0.25) is 14.4 Å². The second kappa shape index (κ2) is 19.6. The third kappa shape index (κ3) is 13.9. The monoisotopic (exact) mass is 482 g/mol. The Bertz CT molecular complexity index is 587. The zero-order valence-electron chi connectivity index (χ0n) is 22.5. The van der Waals surface area contributed by atoms with E-state index < -0.39 is 17.5 Å². The highest BCUT2D eigenvalue weighted by Gasteiger charge is 2.32. The molecule has 0 heterocycles. The number of rotatable bonds is 22. The molecule has 0 aromatic carbocycles. The first-order valence-corrected chi connectivity index (χ1v) is 13.4. The second-order valence-corrected chi connectivity index (χ2v) is 9.36. The molecule has 0 saturated heterocycles. The summed E-state index contributed by atoms with van der Waals surface area (Å²) < 4.78 is 16.6. The van der Waals surface area contributed by atoms with Gasteiger partial charge in [0.25, 0.3) is 0 Å². The summed E-state index contributed by atoms with van der Waals surface area (Å²) in [5, 5.41) is 0. The number of ketones is 1. The summed E-state index contributed by atoms with van der Waals surface area (Å²) >= 11 is 0. The van der Waals surface area contributed by atoms with E-state index in [4.69, 9.17) is 14.2 Å². The summed E-state index contributed by atoms with van der Waals surface area (Å²) in [4.78, 5) is 37.0. The molecule has 3 unspecified atom stereocenters. The Balaban J connectivity index is 4.27. The van der Waals surface area contributed by atoms with Crippen molar-refractivity contribution in [1.82, 2.24) is 0 Å². The fourth-order valence-corrected chi connectivity index (χ4v) is 3.64. The van der Waals surface area contributed by atoms with E-state index in [2.05, 4.69) is 20.4 Å². The molecule has 0 radical (unpaired) electrons. The van der Waals surface area contributed by atoms with Crippen LogP contribution in [-0.4, -0.2) is 43.1 Å². The third-order valence-corrected chi connectivity index (χ3v) is 6.40. The summed E-state index contributed by atoms with van der Waals surface area (Å²) in [6, 6.07) is 0. The lowest BCUT2D eigenvalue weighted by Crippen LogP contribution is -2.39. The molecule has 0 aromatic rings. The number of allylic oxidation sites excluding steroid dienone is 1. The molecule has 6 heteroatoms. The van der Waals surface area contributed by atoms with Gasteiger partial charge >= 0.3 is 11.9 Å². The standard InChI is InChI=1S/C28H50O6/c1-7-12-17-23(10-4)22-34-28(6,11-5)25(29)18-14-13-15-20-32-26(30)21-24(16-8-2)27(31)33-19-9-3/h8,23-24H,2,7,9-22H2,1,3-6H3. The molecule has 0 aromatic heterocycles. The Kier molecular flexibility index (Phi) is 18.6. The number of esters is 2. The van der Waals surface area contributed by atoms with Gasteiger partial charge in [0.1, 0.15) is 5.60 Å². The zero-order chi connectivity index (χ0) is 25.8. The van der Waals surface area contributed by atoms with Gasteiger partial charge in [0.15, 0.2) is 5.78 Å². The lowest BCUT2D eigenvalue weighted by Gasteiger charge is -2.29. The number of unbranched alkanes of at least 4 members (excludes halogenated alkanes) is 3. The number of carbonyl (C=O) groups is 3. The Morgan fingerprint density at radius 2 is 1.68 bits per heavy atom. The summed E-state index contributed by atoms with van der Waals surface area (Å²) in [5.41, 5.74) is -0.724. The minimum Gasteiger partial charge on any atom is -0.466 e. The van der Waals surface area contributed by atoms with E-state index in [1.165, 1.54) is 12.8 Å². The summed E-state index contributed by atoms with van der Waals surface area (Å²) in [6.45, 7) is 15.1. The van der Waals surface area contributed by atoms with E-state index in [-0.39, 0.29) is 24.8 Å². The molecule has 0 bridgehead atoms. The number of Topliss-reactive ketones (excluding diaryl/α,β-unsaturated/α-hetero) is 1. The van der Waals surface area contributed by atoms with Crippen LogP contribution in [0.25, 0.3) is 0 Å². The smallest absolute Gasteiger partial charge is 0.309 e. The first-order valence-electron chi connectivity index (χ1n) is 13.4. The van der Waals surface area contributed by atoms with Crippen LogP contribution in [0.5, 0.6) is 0 Å². The van der Waals surface area contributed by atoms with Crippen LogP contribution in [0.2, 0.25) is 0 Å². The highest BCUT2D eigenvalue weighted by atomic mass is 16.5. The third-order valence-electron chi connectivity index (χ3n) is 6.40. The van der Waals surface area contributed by atoms with E-state index in [0.717, 1.165) is 32.1 Å². The van der Waals surface area contributed by atoms with Crippen molar-refractivity contribution in [3.05, 3.63) is 12.7 Å². The van der Waals surface area contributed by atoms with Crippen LogP contribution in [0.4, 0.5) is 0 Å². The van der Waals surface area contributed by atoms with Gasteiger partial charge < -0.3 is 14.2 Å². The summed E-state index contributed by atoms with van der Waals surface area (Å²) in [6.07, 6.45) is 10.7. The van der Waals surface area contributed by atoms with E-state index in [1.54, 1.807) is 6.08 Å². The van der Waals surface area contributed by atoms with Crippen molar-refractivity contribution in [2.24, 2.45) is 11.8 Å².